The van der Waals surface area contributed by atoms with Crippen molar-refractivity contribution < 1.29 is 4.92 Å². The molecule has 0 radical (unpaired) electrons. The summed E-state index contributed by atoms with van der Waals surface area (Å²) in [4.78, 5) is 12.8. The van der Waals surface area contributed by atoms with Gasteiger partial charge in [-0.05, 0) is 44.6 Å². The van der Waals surface area contributed by atoms with Crippen LogP contribution in [0.15, 0.2) is 22.7 Å². The number of likely N-dealkylation sites (tertiary alicyclic amines) is 1. The van der Waals surface area contributed by atoms with Crippen LogP contribution in [0.1, 0.15) is 18.4 Å². The zero-order chi connectivity index (χ0) is 13.8. The predicted molar refractivity (Wildman–Crippen MR) is 78.2 cm³/mol. The van der Waals surface area contributed by atoms with Crippen molar-refractivity contribution in [3.63, 3.8) is 0 Å². The van der Waals surface area contributed by atoms with Crippen LogP contribution in [-0.2, 0) is 6.54 Å². The molecule has 1 saturated heterocycles. The van der Waals surface area contributed by atoms with E-state index in [-0.39, 0.29) is 10.6 Å². The van der Waals surface area contributed by atoms with Gasteiger partial charge in [0.1, 0.15) is 0 Å². The molecule has 0 amide bonds. The van der Waals surface area contributed by atoms with E-state index in [4.69, 9.17) is 0 Å². The summed E-state index contributed by atoms with van der Waals surface area (Å²) < 4.78 is 0.752. The number of hydrogen-bond donors (Lipinski definition) is 1. The first-order chi connectivity index (χ1) is 9.04. The first-order valence-electron chi connectivity index (χ1n) is 6.40. The fraction of sp³-hybridized carbons (Fsp3) is 0.538. The molecular weight excluding hydrogens is 310 g/mol. The van der Waals surface area contributed by atoms with E-state index in [1.807, 2.05) is 6.07 Å². The van der Waals surface area contributed by atoms with E-state index in [0.29, 0.717) is 12.6 Å². The molecule has 1 fully saturated rings. The summed E-state index contributed by atoms with van der Waals surface area (Å²) in [6, 6.07) is 5.59. The highest BCUT2D eigenvalue weighted by atomic mass is 79.9. The van der Waals surface area contributed by atoms with Gasteiger partial charge in [0.05, 0.1) is 4.92 Å². The van der Waals surface area contributed by atoms with Crippen molar-refractivity contribution in [2.45, 2.75) is 25.4 Å². The van der Waals surface area contributed by atoms with Crippen molar-refractivity contribution >= 4 is 21.6 Å². The van der Waals surface area contributed by atoms with E-state index in [1.165, 1.54) is 6.07 Å². The summed E-state index contributed by atoms with van der Waals surface area (Å²) in [6.45, 7) is 2.89. The average molecular weight is 328 g/mol. The van der Waals surface area contributed by atoms with Crippen LogP contribution in [0.5, 0.6) is 0 Å². The van der Waals surface area contributed by atoms with E-state index in [0.717, 1.165) is 36.0 Å². The minimum absolute atomic E-state index is 0.134. The molecule has 104 valence electrons. The number of nitrogens with zero attached hydrogens (tertiary/aromatic N) is 2. The van der Waals surface area contributed by atoms with Gasteiger partial charge in [0, 0.05) is 29.2 Å². The Morgan fingerprint density at radius 1 is 1.42 bits per heavy atom. The van der Waals surface area contributed by atoms with Crippen LogP contribution in [0, 0.1) is 10.1 Å². The van der Waals surface area contributed by atoms with Crippen molar-refractivity contribution in [3.8, 4) is 0 Å². The van der Waals surface area contributed by atoms with Crippen molar-refractivity contribution in [2.75, 3.05) is 20.1 Å². The summed E-state index contributed by atoms with van der Waals surface area (Å²) >= 11 is 3.32. The highest BCUT2D eigenvalue weighted by Gasteiger charge is 2.16. The second kappa shape index (κ2) is 6.45. The lowest BCUT2D eigenvalue weighted by Gasteiger charge is -2.29. The quantitative estimate of drug-likeness (QED) is 0.682. The van der Waals surface area contributed by atoms with Gasteiger partial charge in [-0.3, -0.25) is 10.1 Å². The van der Waals surface area contributed by atoms with Crippen LogP contribution < -0.4 is 5.32 Å². The SMILES string of the molecule is CN1CCC(NCc2cc(Br)cc([N+](=O)[O-])c2)CC1. The molecule has 0 aliphatic carbocycles. The van der Waals surface area contributed by atoms with Crippen molar-refractivity contribution in [2.24, 2.45) is 0 Å². The highest BCUT2D eigenvalue weighted by Crippen LogP contribution is 2.21. The zero-order valence-corrected chi connectivity index (χ0v) is 12.5. The number of piperidine rings is 1. The van der Waals surface area contributed by atoms with Gasteiger partial charge < -0.3 is 10.2 Å². The molecular formula is C13H18BrN3O2. The standard InChI is InChI=1S/C13H18BrN3O2/c1-16-4-2-12(3-5-16)15-9-10-6-11(14)8-13(7-10)17(18)19/h6-8,12,15H,2-5,9H2,1H3. The van der Waals surface area contributed by atoms with Gasteiger partial charge in [-0.25, -0.2) is 0 Å². The molecule has 19 heavy (non-hydrogen) atoms. The molecule has 1 aromatic rings. The summed E-state index contributed by atoms with van der Waals surface area (Å²) in [7, 11) is 2.13. The number of nitro groups is 1. The minimum atomic E-state index is -0.357. The largest absolute Gasteiger partial charge is 0.310 e. The van der Waals surface area contributed by atoms with Crippen LogP contribution in [0.2, 0.25) is 0 Å². The highest BCUT2D eigenvalue weighted by molar-refractivity contribution is 9.10. The molecule has 0 unspecified atom stereocenters. The second-order valence-electron chi connectivity index (χ2n) is 5.03. The van der Waals surface area contributed by atoms with E-state index >= 15 is 0 Å². The summed E-state index contributed by atoms with van der Waals surface area (Å²) in [5.41, 5.74) is 1.08. The molecule has 1 aromatic carbocycles. The normalized spacial score (nSPS) is 17.6. The molecule has 0 atom stereocenters. The number of halogens is 1. The number of non-ortho nitro benzene ring substituents is 1. The molecule has 1 N–H and O–H groups in total. The molecule has 0 spiro atoms. The van der Waals surface area contributed by atoms with Crippen LogP contribution in [0.3, 0.4) is 0 Å². The molecule has 2 rings (SSSR count). The summed E-state index contributed by atoms with van der Waals surface area (Å²) in [5.74, 6) is 0. The second-order valence-corrected chi connectivity index (χ2v) is 5.95. The van der Waals surface area contributed by atoms with Gasteiger partial charge in [0.25, 0.3) is 5.69 Å². The number of rotatable bonds is 4. The van der Waals surface area contributed by atoms with Crippen molar-refractivity contribution in [1.82, 2.24) is 10.2 Å². The fourth-order valence-electron chi connectivity index (χ4n) is 2.32. The Labute approximate surface area is 121 Å². The molecule has 1 aliphatic heterocycles. The Kier molecular flexibility index (Phi) is 4.90. The summed E-state index contributed by atoms with van der Waals surface area (Å²) in [6.07, 6.45) is 2.26. The average Bonchev–Trinajstić information content (AvgIpc) is 2.37. The Bertz CT molecular complexity index is 459. The van der Waals surface area contributed by atoms with E-state index < -0.39 is 0 Å². The molecule has 0 saturated carbocycles. The van der Waals surface area contributed by atoms with Crippen LogP contribution in [0.4, 0.5) is 5.69 Å². The molecule has 0 aromatic heterocycles. The predicted octanol–water partition coefficient (Wildman–Crippen LogP) is 2.54. The van der Waals surface area contributed by atoms with Crippen LogP contribution in [0.25, 0.3) is 0 Å². The van der Waals surface area contributed by atoms with Gasteiger partial charge in [-0.2, -0.15) is 0 Å². The molecule has 1 heterocycles. The van der Waals surface area contributed by atoms with Crippen molar-refractivity contribution in [3.05, 3.63) is 38.3 Å². The van der Waals surface area contributed by atoms with Gasteiger partial charge >= 0.3 is 0 Å². The van der Waals surface area contributed by atoms with Gasteiger partial charge in [-0.1, -0.05) is 15.9 Å². The maximum Gasteiger partial charge on any atom is 0.270 e. The van der Waals surface area contributed by atoms with Gasteiger partial charge in [-0.15, -0.1) is 0 Å². The smallest absolute Gasteiger partial charge is 0.270 e. The molecule has 5 nitrogen and oxygen atoms in total. The first kappa shape index (κ1) is 14.4. The Hall–Kier alpha value is -0.980. The van der Waals surface area contributed by atoms with E-state index in [1.54, 1.807) is 6.07 Å². The number of benzene rings is 1. The molecule has 0 bridgehead atoms. The lowest BCUT2D eigenvalue weighted by molar-refractivity contribution is -0.385. The Morgan fingerprint density at radius 3 is 2.74 bits per heavy atom. The lowest BCUT2D eigenvalue weighted by Crippen LogP contribution is -2.40. The van der Waals surface area contributed by atoms with Gasteiger partial charge in [0.15, 0.2) is 0 Å². The Balaban J connectivity index is 1.94. The third-order valence-corrected chi connectivity index (χ3v) is 3.92. The molecule has 6 heteroatoms. The number of nitrogens with one attached hydrogen (secondary N) is 1. The van der Waals surface area contributed by atoms with Gasteiger partial charge in [0.2, 0.25) is 0 Å². The fourth-order valence-corrected chi connectivity index (χ4v) is 2.84. The third-order valence-electron chi connectivity index (χ3n) is 3.47. The monoisotopic (exact) mass is 327 g/mol. The molecule has 1 aliphatic rings. The van der Waals surface area contributed by atoms with Crippen LogP contribution in [-0.4, -0.2) is 36.0 Å². The lowest BCUT2D eigenvalue weighted by atomic mass is 10.1. The maximum atomic E-state index is 10.8. The maximum absolute atomic E-state index is 10.8. The third kappa shape index (κ3) is 4.26. The van der Waals surface area contributed by atoms with E-state index in [9.17, 15) is 10.1 Å². The number of hydrogen-bond acceptors (Lipinski definition) is 4. The zero-order valence-electron chi connectivity index (χ0n) is 10.9. The first-order valence-corrected chi connectivity index (χ1v) is 7.19. The van der Waals surface area contributed by atoms with Crippen molar-refractivity contribution in [1.29, 1.82) is 0 Å². The van der Waals surface area contributed by atoms with Crippen LogP contribution >= 0.6 is 15.9 Å². The van der Waals surface area contributed by atoms with E-state index in [2.05, 4.69) is 33.2 Å². The Morgan fingerprint density at radius 2 is 2.11 bits per heavy atom. The topological polar surface area (TPSA) is 58.4 Å². The number of nitro benzene ring substituents is 1. The minimum Gasteiger partial charge on any atom is -0.310 e. The summed E-state index contributed by atoms with van der Waals surface area (Å²) in [5, 5.41) is 14.3.